The van der Waals surface area contributed by atoms with Gasteiger partial charge in [-0.15, -0.1) is 0 Å². The number of hydrogen-bond donors (Lipinski definition) is 0. The number of carbonyl (C=O) groups is 2. The average molecular weight is 420 g/mol. The van der Waals surface area contributed by atoms with Crippen molar-refractivity contribution in [3.05, 3.63) is 57.2 Å². The van der Waals surface area contributed by atoms with Crippen LogP contribution in [0.3, 0.4) is 0 Å². The first-order chi connectivity index (χ1) is 14.7. The molecule has 5 heteroatoms. The summed E-state index contributed by atoms with van der Waals surface area (Å²) in [5.41, 5.74) is 2.92. The molecule has 0 N–H and O–H groups in total. The number of nitrogens with zero attached hydrogens (tertiary/aromatic N) is 1. The summed E-state index contributed by atoms with van der Waals surface area (Å²) in [6.45, 7) is 4.51. The van der Waals surface area contributed by atoms with Crippen LogP contribution in [0.5, 0.6) is 0 Å². The highest BCUT2D eigenvalue weighted by atomic mass is 16.6. The van der Waals surface area contributed by atoms with E-state index >= 15 is 0 Å². The number of non-ortho nitro benzene ring substituents is 1. The molecule has 0 aliphatic heterocycles. The van der Waals surface area contributed by atoms with E-state index < -0.39 is 4.92 Å². The third-order valence-electron chi connectivity index (χ3n) is 9.05. The molecular formula is C26H29NO4. The molecule has 0 spiro atoms. The normalized spacial score (nSPS) is 38.3. The van der Waals surface area contributed by atoms with Gasteiger partial charge >= 0.3 is 0 Å². The number of carbonyl (C=O) groups excluding carboxylic acids is 2. The number of hydrogen-bond acceptors (Lipinski definition) is 4. The zero-order valence-corrected chi connectivity index (χ0v) is 18.2. The molecule has 1 aromatic carbocycles. The van der Waals surface area contributed by atoms with Crippen molar-refractivity contribution < 1.29 is 14.5 Å². The van der Waals surface area contributed by atoms with Crippen molar-refractivity contribution in [2.24, 2.45) is 28.6 Å². The van der Waals surface area contributed by atoms with Gasteiger partial charge in [-0.2, -0.15) is 0 Å². The number of Topliss-reactive ketones (excluding diaryl/α,β-unsaturated/α-hetero) is 1. The van der Waals surface area contributed by atoms with Crippen LogP contribution in [0.25, 0.3) is 6.08 Å². The predicted octanol–water partition coefficient (Wildman–Crippen LogP) is 5.69. The first-order valence-electron chi connectivity index (χ1n) is 11.5. The van der Waals surface area contributed by atoms with Gasteiger partial charge in [0.05, 0.1) is 4.92 Å². The summed E-state index contributed by atoms with van der Waals surface area (Å²) < 4.78 is 0. The molecule has 3 saturated carbocycles. The van der Waals surface area contributed by atoms with Crippen molar-refractivity contribution in [2.75, 3.05) is 0 Å². The Morgan fingerprint density at radius 3 is 2.45 bits per heavy atom. The minimum absolute atomic E-state index is 0.0636. The summed E-state index contributed by atoms with van der Waals surface area (Å²) in [6.07, 6.45) is 10.3. The average Bonchev–Trinajstić information content (AvgIpc) is 2.99. The first-order valence-corrected chi connectivity index (χ1v) is 11.5. The van der Waals surface area contributed by atoms with Crippen LogP contribution in [-0.2, 0) is 9.59 Å². The SMILES string of the molecule is C[C@]12CCC(=O)C=C1CC[C@@H]1[C@@H]2CC[C@]2(C)C(=O)C(=Cc3ccc([N+](=O)[O-])cc3)C[C@@H]12. The maximum atomic E-state index is 13.5. The van der Waals surface area contributed by atoms with Gasteiger partial charge in [-0.05, 0) is 97.1 Å². The van der Waals surface area contributed by atoms with Crippen LogP contribution >= 0.6 is 0 Å². The molecule has 0 heterocycles. The molecule has 4 aliphatic carbocycles. The third-order valence-corrected chi connectivity index (χ3v) is 9.05. The van der Waals surface area contributed by atoms with E-state index in [2.05, 4.69) is 13.8 Å². The number of allylic oxidation sites excluding steroid dienone is 2. The molecule has 31 heavy (non-hydrogen) atoms. The number of nitro groups is 1. The summed E-state index contributed by atoms with van der Waals surface area (Å²) >= 11 is 0. The van der Waals surface area contributed by atoms with Gasteiger partial charge in [0.2, 0.25) is 0 Å². The molecule has 0 radical (unpaired) electrons. The quantitative estimate of drug-likeness (QED) is 0.350. The zero-order chi connectivity index (χ0) is 22.0. The molecule has 0 unspecified atom stereocenters. The van der Waals surface area contributed by atoms with Crippen LogP contribution < -0.4 is 0 Å². The maximum absolute atomic E-state index is 13.5. The van der Waals surface area contributed by atoms with E-state index in [9.17, 15) is 19.7 Å². The highest BCUT2D eigenvalue weighted by Gasteiger charge is 2.60. The molecular weight excluding hydrogens is 390 g/mol. The second kappa shape index (κ2) is 6.98. The summed E-state index contributed by atoms with van der Waals surface area (Å²) in [6, 6.07) is 6.44. The summed E-state index contributed by atoms with van der Waals surface area (Å²) in [4.78, 5) is 36.0. The Morgan fingerprint density at radius 2 is 1.74 bits per heavy atom. The molecule has 0 aromatic heterocycles. The van der Waals surface area contributed by atoms with E-state index in [1.54, 1.807) is 12.1 Å². The Kier molecular flexibility index (Phi) is 4.58. The Bertz CT molecular complexity index is 1040. The topological polar surface area (TPSA) is 77.3 Å². The first kappa shape index (κ1) is 20.3. The number of benzene rings is 1. The van der Waals surface area contributed by atoms with Crippen molar-refractivity contribution in [3.8, 4) is 0 Å². The monoisotopic (exact) mass is 419 g/mol. The molecule has 0 saturated heterocycles. The number of rotatable bonds is 2. The van der Waals surface area contributed by atoms with E-state index in [0.717, 1.165) is 49.7 Å². The molecule has 0 amide bonds. The Hall–Kier alpha value is -2.56. The summed E-state index contributed by atoms with van der Waals surface area (Å²) in [5, 5.41) is 10.9. The van der Waals surface area contributed by atoms with Gasteiger partial charge in [0.1, 0.15) is 0 Å². The molecule has 5 rings (SSSR count). The van der Waals surface area contributed by atoms with Crippen LogP contribution in [0.15, 0.2) is 41.5 Å². The van der Waals surface area contributed by atoms with Gasteiger partial charge in [-0.1, -0.05) is 19.4 Å². The van der Waals surface area contributed by atoms with Crippen molar-refractivity contribution >= 4 is 23.3 Å². The molecule has 3 fully saturated rings. The van der Waals surface area contributed by atoms with Crippen molar-refractivity contribution in [2.45, 2.75) is 58.8 Å². The van der Waals surface area contributed by atoms with E-state index in [0.29, 0.717) is 24.2 Å². The molecule has 0 bridgehead atoms. The van der Waals surface area contributed by atoms with Crippen LogP contribution in [0.4, 0.5) is 5.69 Å². The summed E-state index contributed by atoms with van der Waals surface area (Å²) in [7, 11) is 0. The number of fused-ring (bicyclic) bond motifs is 5. The molecule has 1 aromatic rings. The van der Waals surface area contributed by atoms with Crippen LogP contribution in [-0.4, -0.2) is 16.5 Å². The second-order valence-corrected chi connectivity index (χ2v) is 10.5. The lowest BCUT2D eigenvalue weighted by molar-refractivity contribution is -0.384. The van der Waals surface area contributed by atoms with Crippen molar-refractivity contribution in [1.29, 1.82) is 0 Å². The highest BCUT2D eigenvalue weighted by molar-refractivity contribution is 6.06. The number of nitro benzene ring substituents is 1. The lowest BCUT2D eigenvalue weighted by Gasteiger charge is -2.56. The van der Waals surface area contributed by atoms with E-state index in [1.165, 1.54) is 17.7 Å². The molecule has 4 aliphatic rings. The molecule has 162 valence electrons. The third kappa shape index (κ3) is 3.04. The largest absolute Gasteiger partial charge is 0.295 e. The minimum Gasteiger partial charge on any atom is -0.295 e. The lowest BCUT2D eigenvalue weighted by atomic mass is 9.47. The number of ketones is 2. The summed E-state index contributed by atoms with van der Waals surface area (Å²) in [5.74, 6) is 1.95. The van der Waals surface area contributed by atoms with Gasteiger partial charge in [-0.3, -0.25) is 19.7 Å². The van der Waals surface area contributed by atoms with Gasteiger partial charge < -0.3 is 0 Å². The molecule has 5 atom stereocenters. The maximum Gasteiger partial charge on any atom is 0.269 e. The smallest absolute Gasteiger partial charge is 0.269 e. The van der Waals surface area contributed by atoms with Gasteiger partial charge in [0, 0.05) is 24.0 Å². The second-order valence-electron chi connectivity index (χ2n) is 10.5. The van der Waals surface area contributed by atoms with Crippen molar-refractivity contribution in [1.82, 2.24) is 0 Å². The fourth-order valence-electron chi connectivity index (χ4n) is 7.25. The van der Waals surface area contributed by atoms with E-state index in [-0.39, 0.29) is 28.1 Å². The standard InChI is InChI=1S/C26H29NO4/c1-25-11-9-20(28)15-18(25)5-8-21-22(25)10-12-26(2)23(21)14-17(24(26)29)13-16-3-6-19(7-4-16)27(30)31/h3-4,6-7,13,15,21-23H,5,8-12,14H2,1-2H3/t21-,22+,23+,25+,26+/m1/s1. The van der Waals surface area contributed by atoms with Gasteiger partial charge in [0.15, 0.2) is 11.6 Å². The van der Waals surface area contributed by atoms with Gasteiger partial charge in [-0.25, -0.2) is 0 Å². The van der Waals surface area contributed by atoms with Crippen molar-refractivity contribution in [3.63, 3.8) is 0 Å². The Morgan fingerprint density at radius 1 is 1.00 bits per heavy atom. The van der Waals surface area contributed by atoms with E-state index in [1.807, 2.05) is 12.2 Å². The van der Waals surface area contributed by atoms with Crippen LogP contribution in [0.2, 0.25) is 0 Å². The van der Waals surface area contributed by atoms with Crippen LogP contribution in [0.1, 0.15) is 64.4 Å². The zero-order valence-electron chi connectivity index (χ0n) is 18.2. The lowest BCUT2D eigenvalue weighted by Crippen LogP contribution is -2.50. The minimum atomic E-state index is -0.404. The van der Waals surface area contributed by atoms with E-state index in [4.69, 9.17) is 0 Å². The fraction of sp³-hybridized carbons (Fsp3) is 0.538. The van der Waals surface area contributed by atoms with Crippen LogP contribution in [0, 0.1) is 38.7 Å². The molecule has 5 nitrogen and oxygen atoms in total. The predicted molar refractivity (Wildman–Crippen MR) is 118 cm³/mol. The highest BCUT2D eigenvalue weighted by Crippen LogP contribution is 2.65. The Balaban J connectivity index is 1.45. The Labute approximate surface area is 182 Å². The van der Waals surface area contributed by atoms with Gasteiger partial charge in [0.25, 0.3) is 5.69 Å². The fourth-order valence-corrected chi connectivity index (χ4v) is 7.25.